The van der Waals surface area contributed by atoms with Crippen LogP contribution in [0.25, 0.3) is 11.3 Å². The molecule has 156 valence electrons. The van der Waals surface area contributed by atoms with E-state index in [1.165, 1.54) is 12.1 Å². The maximum absolute atomic E-state index is 10.1. The smallest absolute Gasteiger partial charge is 0.169 e. The fourth-order valence-electron chi connectivity index (χ4n) is 4.39. The average molecular weight is 406 g/mol. The van der Waals surface area contributed by atoms with Crippen molar-refractivity contribution in [3.63, 3.8) is 0 Å². The molecule has 0 radical (unpaired) electrons. The van der Waals surface area contributed by atoms with Gasteiger partial charge in [0.05, 0.1) is 11.4 Å². The number of aromatic hydroxyl groups is 1. The number of fused-ring (bicyclic) bond motifs is 2. The number of nitrogens with two attached hydrogens (primary N) is 1. The van der Waals surface area contributed by atoms with E-state index in [0.717, 1.165) is 31.6 Å². The summed E-state index contributed by atoms with van der Waals surface area (Å²) in [5.74, 6) is 0.611. The minimum absolute atomic E-state index is 0.188. The first-order valence-electron chi connectivity index (χ1n) is 9.92. The summed E-state index contributed by atoms with van der Waals surface area (Å²) in [6.45, 7) is 3.79. The number of piperidine rings is 1. The number of aliphatic hydroxyl groups excluding tert-OH is 1. The second-order valence-corrected chi connectivity index (χ2v) is 7.53. The van der Waals surface area contributed by atoms with Crippen LogP contribution in [0.3, 0.4) is 0 Å². The van der Waals surface area contributed by atoms with Gasteiger partial charge in [-0.1, -0.05) is 12.1 Å². The molecule has 3 aliphatic rings. The van der Waals surface area contributed by atoms with E-state index in [2.05, 4.69) is 37.1 Å². The van der Waals surface area contributed by atoms with Gasteiger partial charge in [0.1, 0.15) is 5.75 Å². The molecule has 2 unspecified atom stereocenters. The standard InChI is InChI=1S/C21H22N6O.CH4O/c1-13-8-14(6-7-23-13)27-15-9-16(27)12-26(11-15)19-10-18(24-25-21(19)22)17-4-2-3-5-20(17)28;1-2/h2-8,10,15-16,28H,9,11-12H2,1H3,(H2,22,25);2H,1H3. The summed E-state index contributed by atoms with van der Waals surface area (Å²) in [5, 5.41) is 25.5. The molecule has 3 aromatic rings. The van der Waals surface area contributed by atoms with Gasteiger partial charge in [-0.05, 0) is 43.7 Å². The summed E-state index contributed by atoms with van der Waals surface area (Å²) in [4.78, 5) is 9.08. The zero-order chi connectivity index (χ0) is 21.3. The number of phenolic OH excluding ortho intramolecular Hbond substituents is 1. The van der Waals surface area contributed by atoms with E-state index < -0.39 is 0 Å². The van der Waals surface area contributed by atoms with Gasteiger partial charge in [0, 0.05) is 55.4 Å². The molecule has 0 spiro atoms. The van der Waals surface area contributed by atoms with E-state index in [1.54, 1.807) is 12.1 Å². The highest BCUT2D eigenvalue weighted by molar-refractivity contribution is 5.74. The minimum Gasteiger partial charge on any atom is -0.507 e. The third kappa shape index (κ3) is 3.50. The van der Waals surface area contributed by atoms with Gasteiger partial charge < -0.3 is 25.7 Å². The summed E-state index contributed by atoms with van der Waals surface area (Å²) in [6, 6.07) is 14.2. The first-order valence-corrected chi connectivity index (χ1v) is 9.92. The van der Waals surface area contributed by atoms with Crippen molar-refractivity contribution in [1.29, 1.82) is 0 Å². The summed E-state index contributed by atoms with van der Waals surface area (Å²) < 4.78 is 0. The number of benzene rings is 1. The monoisotopic (exact) mass is 406 g/mol. The second-order valence-electron chi connectivity index (χ2n) is 7.53. The molecule has 1 aromatic carbocycles. The molecule has 2 bridgehead atoms. The van der Waals surface area contributed by atoms with E-state index in [0.29, 0.717) is 29.2 Å². The van der Waals surface area contributed by atoms with Crippen molar-refractivity contribution in [1.82, 2.24) is 15.2 Å². The first-order chi connectivity index (χ1) is 14.6. The summed E-state index contributed by atoms with van der Waals surface area (Å²) in [7, 11) is 1.00. The molecule has 0 amide bonds. The van der Waals surface area contributed by atoms with Crippen LogP contribution in [0.2, 0.25) is 0 Å². The fourth-order valence-corrected chi connectivity index (χ4v) is 4.39. The van der Waals surface area contributed by atoms with Crippen molar-refractivity contribution >= 4 is 17.2 Å². The molecule has 3 aliphatic heterocycles. The van der Waals surface area contributed by atoms with Crippen LogP contribution >= 0.6 is 0 Å². The number of nitrogens with zero attached hydrogens (tertiary/aromatic N) is 5. The molecule has 6 rings (SSSR count). The van der Waals surface area contributed by atoms with Gasteiger partial charge in [0.25, 0.3) is 0 Å². The number of hydrogen-bond donors (Lipinski definition) is 3. The molecular weight excluding hydrogens is 380 g/mol. The molecule has 0 aliphatic carbocycles. The van der Waals surface area contributed by atoms with Gasteiger partial charge in [-0.15, -0.1) is 10.2 Å². The Kier molecular flexibility index (Phi) is 5.41. The second kappa shape index (κ2) is 8.16. The molecule has 2 aromatic heterocycles. The Morgan fingerprint density at radius 2 is 1.77 bits per heavy atom. The summed E-state index contributed by atoms with van der Waals surface area (Å²) >= 11 is 0. The number of piperazine rings is 1. The quantitative estimate of drug-likeness (QED) is 0.607. The van der Waals surface area contributed by atoms with Crippen molar-refractivity contribution in [2.75, 3.05) is 35.7 Å². The number of aryl methyl sites for hydroxylation is 1. The number of aliphatic hydroxyl groups is 1. The lowest BCUT2D eigenvalue weighted by Crippen LogP contribution is -2.69. The van der Waals surface area contributed by atoms with Crippen molar-refractivity contribution in [2.45, 2.75) is 25.4 Å². The van der Waals surface area contributed by atoms with E-state index in [1.807, 2.05) is 31.3 Å². The number of phenols is 1. The predicted molar refractivity (Wildman–Crippen MR) is 118 cm³/mol. The van der Waals surface area contributed by atoms with E-state index in [4.69, 9.17) is 10.8 Å². The molecule has 0 saturated carbocycles. The number of aromatic nitrogens is 3. The Balaban J connectivity index is 0.00000106. The minimum atomic E-state index is 0.188. The molecule has 5 heterocycles. The Bertz CT molecular complexity index is 1030. The number of nitrogen functional groups attached to an aromatic ring is 1. The summed E-state index contributed by atoms with van der Waals surface area (Å²) in [5.41, 5.74) is 10.6. The third-order valence-corrected chi connectivity index (χ3v) is 5.69. The molecule has 8 nitrogen and oxygen atoms in total. The Labute approximate surface area is 175 Å². The zero-order valence-corrected chi connectivity index (χ0v) is 17.1. The molecule has 3 fully saturated rings. The van der Waals surface area contributed by atoms with Crippen LogP contribution in [0.1, 0.15) is 12.1 Å². The lowest BCUT2D eigenvalue weighted by molar-refractivity contribution is 0.291. The highest BCUT2D eigenvalue weighted by Crippen LogP contribution is 2.40. The van der Waals surface area contributed by atoms with Crippen molar-refractivity contribution in [3.8, 4) is 17.0 Å². The van der Waals surface area contributed by atoms with Crippen LogP contribution in [-0.4, -0.2) is 57.7 Å². The molecule has 8 heteroatoms. The van der Waals surface area contributed by atoms with Crippen molar-refractivity contribution in [2.24, 2.45) is 0 Å². The van der Waals surface area contributed by atoms with Crippen LogP contribution in [0.15, 0.2) is 48.7 Å². The fraction of sp³-hybridized carbons (Fsp3) is 0.318. The topological polar surface area (TPSA) is 112 Å². The van der Waals surface area contributed by atoms with Crippen LogP contribution in [0.5, 0.6) is 5.75 Å². The van der Waals surface area contributed by atoms with Gasteiger partial charge in [-0.25, -0.2) is 0 Å². The van der Waals surface area contributed by atoms with Gasteiger partial charge in [-0.3, -0.25) is 4.98 Å². The number of pyridine rings is 1. The maximum Gasteiger partial charge on any atom is 0.169 e. The van der Waals surface area contributed by atoms with Crippen molar-refractivity contribution in [3.05, 3.63) is 54.4 Å². The molecule has 4 N–H and O–H groups in total. The number of anilines is 3. The van der Waals surface area contributed by atoms with Gasteiger partial charge in [0.2, 0.25) is 0 Å². The summed E-state index contributed by atoms with van der Waals surface area (Å²) in [6.07, 6.45) is 3.06. The highest BCUT2D eigenvalue weighted by Gasteiger charge is 2.45. The molecule has 3 saturated heterocycles. The average Bonchev–Trinajstić information content (AvgIpc) is 2.76. The SMILES string of the molecule is CO.Cc1cc(N2C3CC2CN(c2cc(-c4ccccc4O)nnc2N)C3)ccn1. The van der Waals surface area contributed by atoms with Gasteiger partial charge in [0.15, 0.2) is 5.82 Å². The van der Waals surface area contributed by atoms with Crippen LogP contribution in [-0.2, 0) is 0 Å². The predicted octanol–water partition coefficient (Wildman–Crippen LogP) is 2.21. The van der Waals surface area contributed by atoms with Crippen LogP contribution in [0, 0.1) is 6.92 Å². The van der Waals surface area contributed by atoms with Crippen LogP contribution in [0.4, 0.5) is 17.2 Å². The Hall–Kier alpha value is -3.39. The Morgan fingerprint density at radius 3 is 2.47 bits per heavy atom. The molecule has 2 atom stereocenters. The normalized spacial score (nSPS) is 19.6. The van der Waals surface area contributed by atoms with E-state index in [-0.39, 0.29) is 5.75 Å². The van der Waals surface area contributed by atoms with E-state index >= 15 is 0 Å². The zero-order valence-electron chi connectivity index (χ0n) is 17.1. The van der Waals surface area contributed by atoms with Crippen molar-refractivity contribution < 1.29 is 10.2 Å². The lowest BCUT2D eigenvalue weighted by Gasteiger charge is -2.58. The number of rotatable bonds is 3. The maximum atomic E-state index is 10.1. The van der Waals surface area contributed by atoms with Crippen LogP contribution < -0.4 is 15.5 Å². The highest BCUT2D eigenvalue weighted by atomic mass is 16.3. The van der Waals surface area contributed by atoms with E-state index in [9.17, 15) is 5.11 Å². The third-order valence-electron chi connectivity index (χ3n) is 5.69. The Morgan fingerprint density at radius 1 is 1.03 bits per heavy atom. The molecular formula is C22H26N6O2. The number of para-hydroxylation sites is 1. The van der Waals surface area contributed by atoms with Gasteiger partial charge in [-0.2, -0.15) is 0 Å². The lowest BCUT2D eigenvalue weighted by atomic mass is 9.86. The number of hydrogen-bond acceptors (Lipinski definition) is 8. The molecule has 30 heavy (non-hydrogen) atoms. The first kappa shape index (κ1) is 19.9. The largest absolute Gasteiger partial charge is 0.507 e. The van der Waals surface area contributed by atoms with Gasteiger partial charge >= 0.3 is 0 Å².